The summed E-state index contributed by atoms with van der Waals surface area (Å²) in [5.41, 5.74) is 8.46. The van der Waals surface area contributed by atoms with Gasteiger partial charge in [-0.1, -0.05) is 12.1 Å². The highest BCUT2D eigenvalue weighted by molar-refractivity contribution is 5.89. The van der Waals surface area contributed by atoms with E-state index in [9.17, 15) is 4.79 Å². The third-order valence-corrected chi connectivity index (χ3v) is 2.41. The molecule has 4 N–H and O–H groups in total. The summed E-state index contributed by atoms with van der Waals surface area (Å²) in [6.07, 6.45) is 0. The van der Waals surface area contributed by atoms with Gasteiger partial charge in [-0.3, -0.25) is 5.10 Å². The Morgan fingerprint density at radius 3 is 2.50 bits per heavy atom. The van der Waals surface area contributed by atoms with Crippen molar-refractivity contribution in [3.05, 3.63) is 35.5 Å². The Balaban J connectivity index is 2.49. The van der Waals surface area contributed by atoms with E-state index < -0.39 is 5.97 Å². The number of anilines is 1. The number of rotatable bonds is 2. The number of hydrogen-bond acceptors (Lipinski definition) is 3. The minimum absolute atomic E-state index is 0.117. The van der Waals surface area contributed by atoms with Gasteiger partial charge in [-0.15, -0.1) is 0 Å². The summed E-state index contributed by atoms with van der Waals surface area (Å²) in [5, 5.41) is 15.4. The van der Waals surface area contributed by atoms with E-state index in [1.54, 1.807) is 19.1 Å². The van der Waals surface area contributed by atoms with E-state index in [0.717, 1.165) is 5.56 Å². The second-order valence-corrected chi connectivity index (χ2v) is 3.50. The molecule has 0 aliphatic rings. The maximum Gasteiger partial charge on any atom is 0.354 e. The SMILES string of the molecule is Cc1c(-c2ccc(N)cc2)n[nH]c1C(=O)O. The molecule has 0 spiro atoms. The number of aromatic carboxylic acids is 1. The van der Waals surface area contributed by atoms with Crippen molar-refractivity contribution in [3.63, 3.8) is 0 Å². The van der Waals surface area contributed by atoms with Gasteiger partial charge in [-0.2, -0.15) is 5.10 Å². The second kappa shape index (κ2) is 3.69. The smallest absolute Gasteiger partial charge is 0.354 e. The molecule has 5 nitrogen and oxygen atoms in total. The van der Waals surface area contributed by atoms with Crippen LogP contribution in [0.4, 0.5) is 5.69 Å². The van der Waals surface area contributed by atoms with E-state index in [2.05, 4.69) is 10.2 Å². The van der Waals surface area contributed by atoms with Gasteiger partial charge in [0.2, 0.25) is 0 Å². The topological polar surface area (TPSA) is 92.0 Å². The molecule has 0 saturated heterocycles. The minimum atomic E-state index is -1.01. The fraction of sp³-hybridized carbons (Fsp3) is 0.0909. The third-order valence-electron chi connectivity index (χ3n) is 2.41. The summed E-state index contributed by atoms with van der Waals surface area (Å²) in [4.78, 5) is 10.8. The highest BCUT2D eigenvalue weighted by Gasteiger charge is 2.15. The Morgan fingerprint density at radius 1 is 1.38 bits per heavy atom. The molecular formula is C11H11N3O2. The molecule has 82 valence electrons. The van der Waals surface area contributed by atoms with Crippen LogP contribution in [-0.2, 0) is 0 Å². The Hall–Kier alpha value is -2.30. The summed E-state index contributed by atoms with van der Waals surface area (Å²) >= 11 is 0. The number of nitrogens with two attached hydrogens (primary N) is 1. The number of carboxylic acid groups (broad SMARTS) is 1. The number of nitrogens with one attached hydrogen (secondary N) is 1. The lowest BCUT2D eigenvalue weighted by Crippen LogP contribution is -1.98. The van der Waals surface area contributed by atoms with Crippen LogP contribution in [0.5, 0.6) is 0 Å². The summed E-state index contributed by atoms with van der Waals surface area (Å²) < 4.78 is 0. The first-order chi connectivity index (χ1) is 7.59. The highest BCUT2D eigenvalue weighted by atomic mass is 16.4. The monoisotopic (exact) mass is 217 g/mol. The van der Waals surface area contributed by atoms with Crippen LogP contribution < -0.4 is 5.73 Å². The average Bonchev–Trinajstić information content (AvgIpc) is 2.61. The van der Waals surface area contributed by atoms with Crippen LogP contribution in [0.15, 0.2) is 24.3 Å². The average molecular weight is 217 g/mol. The third kappa shape index (κ3) is 1.63. The number of nitrogens with zero attached hydrogens (tertiary/aromatic N) is 1. The molecule has 0 radical (unpaired) electrons. The van der Waals surface area contributed by atoms with Crippen LogP contribution in [0.1, 0.15) is 16.1 Å². The zero-order valence-corrected chi connectivity index (χ0v) is 8.69. The van der Waals surface area contributed by atoms with Crippen LogP contribution in [0.3, 0.4) is 0 Å². The number of H-pyrrole nitrogens is 1. The summed E-state index contributed by atoms with van der Waals surface area (Å²) in [5.74, 6) is -1.01. The molecule has 1 aromatic carbocycles. The van der Waals surface area contributed by atoms with Crippen LogP contribution in [-0.4, -0.2) is 21.3 Å². The van der Waals surface area contributed by atoms with Gasteiger partial charge in [-0.25, -0.2) is 4.79 Å². The summed E-state index contributed by atoms with van der Waals surface area (Å²) in [6, 6.07) is 7.13. The maximum absolute atomic E-state index is 10.8. The van der Waals surface area contributed by atoms with Gasteiger partial charge < -0.3 is 10.8 Å². The Morgan fingerprint density at radius 2 is 2.00 bits per heavy atom. The Bertz CT molecular complexity index is 529. The number of carbonyl (C=O) groups is 1. The maximum atomic E-state index is 10.8. The number of hydrogen-bond donors (Lipinski definition) is 3. The van der Waals surface area contributed by atoms with Crippen molar-refractivity contribution in [2.75, 3.05) is 5.73 Å². The van der Waals surface area contributed by atoms with Crippen molar-refractivity contribution in [1.82, 2.24) is 10.2 Å². The Labute approximate surface area is 91.9 Å². The Kier molecular flexibility index (Phi) is 2.36. The van der Waals surface area contributed by atoms with Crippen molar-refractivity contribution in [1.29, 1.82) is 0 Å². The highest BCUT2D eigenvalue weighted by Crippen LogP contribution is 2.23. The predicted octanol–water partition coefficient (Wildman–Crippen LogP) is 1.67. The lowest BCUT2D eigenvalue weighted by atomic mass is 10.1. The lowest BCUT2D eigenvalue weighted by molar-refractivity contribution is 0.0689. The van der Waals surface area contributed by atoms with E-state index in [0.29, 0.717) is 16.9 Å². The number of aromatic nitrogens is 2. The van der Waals surface area contributed by atoms with Gasteiger partial charge in [0.1, 0.15) is 5.69 Å². The fourth-order valence-corrected chi connectivity index (χ4v) is 1.53. The first kappa shape index (κ1) is 10.2. The van der Waals surface area contributed by atoms with Crippen molar-refractivity contribution in [2.24, 2.45) is 0 Å². The van der Waals surface area contributed by atoms with E-state index in [1.165, 1.54) is 0 Å². The molecule has 16 heavy (non-hydrogen) atoms. The first-order valence-electron chi connectivity index (χ1n) is 4.73. The van der Waals surface area contributed by atoms with Gasteiger partial charge in [0.15, 0.2) is 0 Å². The number of carboxylic acids is 1. The van der Waals surface area contributed by atoms with Gasteiger partial charge in [0, 0.05) is 16.8 Å². The standard InChI is InChI=1S/C11H11N3O2/c1-6-9(13-14-10(6)11(15)16)7-2-4-8(12)5-3-7/h2-5H,12H2,1H3,(H,13,14)(H,15,16). The normalized spacial score (nSPS) is 10.3. The molecule has 0 fully saturated rings. The van der Waals surface area contributed by atoms with Crippen molar-refractivity contribution in [3.8, 4) is 11.3 Å². The molecule has 1 heterocycles. The second-order valence-electron chi connectivity index (χ2n) is 3.50. The first-order valence-corrected chi connectivity index (χ1v) is 4.73. The number of benzene rings is 1. The molecule has 2 aromatic rings. The van der Waals surface area contributed by atoms with Crippen molar-refractivity contribution >= 4 is 11.7 Å². The molecule has 0 saturated carbocycles. The van der Waals surface area contributed by atoms with Gasteiger partial charge in [-0.05, 0) is 19.1 Å². The largest absolute Gasteiger partial charge is 0.477 e. The molecule has 0 atom stereocenters. The predicted molar refractivity (Wildman–Crippen MR) is 60.1 cm³/mol. The number of nitrogen functional groups attached to an aromatic ring is 1. The van der Waals surface area contributed by atoms with Crippen LogP contribution in [0.25, 0.3) is 11.3 Å². The molecule has 0 aliphatic heterocycles. The van der Waals surface area contributed by atoms with E-state index in [4.69, 9.17) is 10.8 Å². The quantitative estimate of drug-likeness (QED) is 0.667. The van der Waals surface area contributed by atoms with E-state index in [1.807, 2.05) is 12.1 Å². The van der Waals surface area contributed by atoms with E-state index >= 15 is 0 Å². The van der Waals surface area contributed by atoms with Crippen molar-refractivity contribution < 1.29 is 9.90 Å². The fourth-order valence-electron chi connectivity index (χ4n) is 1.53. The summed E-state index contributed by atoms with van der Waals surface area (Å²) in [7, 11) is 0. The van der Waals surface area contributed by atoms with E-state index in [-0.39, 0.29) is 5.69 Å². The molecule has 5 heteroatoms. The minimum Gasteiger partial charge on any atom is -0.477 e. The van der Waals surface area contributed by atoms with Crippen molar-refractivity contribution in [2.45, 2.75) is 6.92 Å². The van der Waals surface area contributed by atoms with Gasteiger partial charge >= 0.3 is 5.97 Å². The molecule has 0 bridgehead atoms. The molecular weight excluding hydrogens is 206 g/mol. The molecule has 0 unspecified atom stereocenters. The van der Waals surface area contributed by atoms with Gasteiger partial charge in [0.05, 0.1) is 5.69 Å². The lowest BCUT2D eigenvalue weighted by Gasteiger charge is -1.99. The van der Waals surface area contributed by atoms with Crippen LogP contribution in [0.2, 0.25) is 0 Å². The molecule has 1 aromatic heterocycles. The number of aromatic amines is 1. The zero-order valence-electron chi connectivity index (χ0n) is 8.69. The molecule has 0 amide bonds. The molecule has 0 aliphatic carbocycles. The molecule has 2 rings (SSSR count). The summed E-state index contributed by atoms with van der Waals surface area (Å²) in [6.45, 7) is 1.72. The van der Waals surface area contributed by atoms with Gasteiger partial charge in [0.25, 0.3) is 0 Å². The zero-order chi connectivity index (χ0) is 11.7. The van der Waals surface area contributed by atoms with Crippen LogP contribution >= 0.6 is 0 Å². The van der Waals surface area contributed by atoms with Crippen LogP contribution in [0, 0.1) is 6.92 Å².